The largest absolute Gasteiger partial charge is 0.349 e. The van der Waals surface area contributed by atoms with Crippen LogP contribution in [-0.4, -0.2) is 15.5 Å². The minimum absolute atomic E-state index is 0.0633. The molecule has 0 atom stereocenters. The van der Waals surface area contributed by atoms with Gasteiger partial charge in [0.1, 0.15) is 5.82 Å². The number of hydrogen-bond acceptors (Lipinski definition) is 2. The van der Waals surface area contributed by atoms with Gasteiger partial charge in [0.25, 0.3) is 0 Å². The second-order valence-corrected chi connectivity index (χ2v) is 7.52. The third-order valence-electron chi connectivity index (χ3n) is 5.67. The van der Waals surface area contributed by atoms with Crippen molar-refractivity contribution in [2.24, 2.45) is 5.92 Å². The Bertz CT molecular complexity index is 1140. The Kier molecular flexibility index (Phi) is 5.61. The number of nitrogens with zero attached hydrogens (tertiary/aromatic N) is 2. The van der Waals surface area contributed by atoms with Crippen LogP contribution in [0.15, 0.2) is 66.7 Å². The first-order valence-corrected chi connectivity index (χ1v) is 10.4. The monoisotopic (exact) mass is 385 g/mol. The van der Waals surface area contributed by atoms with Crippen molar-refractivity contribution in [3.8, 4) is 0 Å². The molecule has 3 aromatic carbocycles. The minimum atomic E-state index is 0.0633. The lowest BCUT2D eigenvalue weighted by atomic mass is 10.0. The molecule has 1 heterocycles. The summed E-state index contributed by atoms with van der Waals surface area (Å²) in [5.41, 5.74) is 3.27. The minimum Gasteiger partial charge on any atom is -0.349 e. The molecule has 1 amide bonds. The van der Waals surface area contributed by atoms with E-state index in [-0.39, 0.29) is 11.8 Å². The summed E-state index contributed by atoms with van der Waals surface area (Å²) < 4.78 is 2.21. The van der Waals surface area contributed by atoms with E-state index in [0.717, 1.165) is 36.2 Å². The number of imidazole rings is 1. The lowest BCUT2D eigenvalue weighted by molar-refractivity contribution is -0.125. The number of aromatic nitrogens is 2. The van der Waals surface area contributed by atoms with Crippen LogP contribution in [-0.2, 0) is 17.9 Å². The molecule has 148 valence electrons. The molecule has 0 aliphatic rings. The van der Waals surface area contributed by atoms with Crippen LogP contribution in [0.1, 0.15) is 38.1 Å². The molecule has 0 saturated carbocycles. The molecule has 1 aromatic heterocycles. The van der Waals surface area contributed by atoms with E-state index in [1.54, 1.807) is 0 Å². The molecule has 4 aromatic rings. The van der Waals surface area contributed by atoms with Crippen LogP contribution in [0.3, 0.4) is 0 Å². The predicted molar refractivity (Wildman–Crippen MR) is 119 cm³/mol. The summed E-state index contributed by atoms with van der Waals surface area (Å²) in [5, 5.41) is 5.57. The van der Waals surface area contributed by atoms with E-state index < -0.39 is 0 Å². The summed E-state index contributed by atoms with van der Waals surface area (Å²) >= 11 is 0. The molecule has 1 N–H and O–H groups in total. The van der Waals surface area contributed by atoms with Gasteiger partial charge in [-0.05, 0) is 47.4 Å². The van der Waals surface area contributed by atoms with Crippen molar-refractivity contribution >= 4 is 27.7 Å². The quantitative estimate of drug-likeness (QED) is 0.470. The molecule has 0 spiro atoms. The Balaban J connectivity index is 1.65. The zero-order chi connectivity index (χ0) is 20.2. The maximum Gasteiger partial charge on any atom is 0.223 e. The van der Waals surface area contributed by atoms with E-state index in [9.17, 15) is 4.79 Å². The van der Waals surface area contributed by atoms with Crippen molar-refractivity contribution in [2.45, 2.75) is 39.8 Å². The highest BCUT2D eigenvalue weighted by atomic mass is 16.1. The van der Waals surface area contributed by atoms with Gasteiger partial charge in [-0.2, -0.15) is 0 Å². The highest BCUT2D eigenvalue weighted by Crippen LogP contribution is 2.21. The zero-order valence-corrected chi connectivity index (χ0v) is 17.1. The molecule has 4 nitrogen and oxygen atoms in total. The second-order valence-electron chi connectivity index (χ2n) is 7.52. The SMILES string of the molecule is CCC(CC)C(=O)NCc1nc2ccccc2n1Cc1ccc2ccccc2c1. The molecule has 0 fully saturated rings. The summed E-state index contributed by atoms with van der Waals surface area (Å²) in [6.07, 6.45) is 1.71. The van der Waals surface area contributed by atoms with Gasteiger partial charge in [-0.1, -0.05) is 62.4 Å². The van der Waals surface area contributed by atoms with Crippen molar-refractivity contribution in [1.29, 1.82) is 0 Å². The first-order chi connectivity index (χ1) is 14.2. The summed E-state index contributed by atoms with van der Waals surface area (Å²) in [4.78, 5) is 17.3. The number of carbonyl (C=O) groups excluding carboxylic acids is 1. The van der Waals surface area contributed by atoms with Crippen LogP contribution in [0.4, 0.5) is 0 Å². The number of benzene rings is 3. The molecule has 4 rings (SSSR count). The molecule has 0 unspecified atom stereocenters. The van der Waals surface area contributed by atoms with Crippen molar-refractivity contribution in [2.75, 3.05) is 0 Å². The zero-order valence-electron chi connectivity index (χ0n) is 17.1. The first kappa shape index (κ1) is 19.2. The van der Waals surface area contributed by atoms with Gasteiger partial charge < -0.3 is 9.88 Å². The summed E-state index contributed by atoms with van der Waals surface area (Å²) in [6, 6.07) is 23.1. The Hall–Kier alpha value is -3.14. The standard InChI is InChI=1S/C25H27N3O/c1-3-19(4-2)25(29)26-16-24-27-22-11-7-8-12-23(22)28(24)17-18-13-14-20-9-5-6-10-21(20)15-18/h5-15,19H,3-4,16-17H2,1-2H3,(H,26,29). The highest BCUT2D eigenvalue weighted by molar-refractivity contribution is 5.83. The van der Waals surface area contributed by atoms with Gasteiger partial charge >= 0.3 is 0 Å². The molecule has 0 bridgehead atoms. The van der Waals surface area contributed by atoms with E-state index in [0.29, 0.717) is 6.54 Å². The van der Waals surface area contributed by atoms with E-state index >= 15 is 0 Å². The smallest absolute Gasteiger partial charge is 0.223 e. The van der Waals surface area contributed by atoms with E-state index in [1.165, 1.54) is 16.3 Å². The molecule has 4 heteroatoms. The van der Waals surface area contributed by atoms with Crippen LogP contribution < -0.4 is 5.32 Å². The summed E-state index contributed by atoms with van der Waals surface area (Å²) in [5.74, 6) is 1.06. The van der Waals surface area contributed by atoms with Crippen LogP contribution in [0, 0.1) is 5.92 Å². The van der Waals surface area contributed by atoms with E-state index in [1.807, 2.05) is 18.2 Å². The molecule has 0 aliphatic heterocycles. The number of para-hydroxylation sites is 2. The molecule has 29 heavy (non-hydrogen) atoms. The molecule has 0 radical (unpaired) electrons. The van der Waals surface area contributed by atoms with Gasteiger partial charge in [-0.3, -0.25) is 4.79 Å². The Labute approximate surface area is 171 Å². The van der Waals surface area contributed by atoms with Gasteiger partial charge in [0.05, 0.1) is 17.6 Å². The van der Waals surface area contributed by atoms with Crippen molar-refractivity contribution in [3.63, 3.8) is 0 Å². The number of amides is 1. The fourth-order valence-electron chi connectivity index (χ4n) is 3.93. The van der Waals surface area contributed by atoms with Crippen molar-refractivity contribution in [1.82, 2.24) is 14.9 Å². The summed E-state index contributed by atoms with van der Waals surface area (Å²) in [7, 11) is 0. The van der Waals surface area contributed by atoms with Gasteiger partial charge in [0, 0.05) is 12.5 Å². The van der Waals surface area contributed by atoms with Gasteiger partial charge in [0.15, 0.2) is 0 Å². The average molecular weight is 386 g/mol. The maximum atomic E-state index is 12.5. The topological polar surface area (TPSA) is 46.9 Å². The average Bonchev–Trinajstić information content (AvgIpc) is 3.10. The second kappa shape index (κ2) is 8.48. The maximum absolute atomic E-state index is 12.5. The van der Waals surface area contributed by atoms with Crippen LogP contribution in [0.2, 0.25) is 0 Å². The van der Waals surface area contributed by atoms with E-state index in [2.05, 4.69) is 72.3 Å². The molecule has 0 aliphatic carbocycles. The van der Waals surface area contributed by atoms with Crippen molar-refractivity contribution < 1.29 is 4.79 Å². The number of nitrogens with one attached hydrogen (secondary N) is 1. The number of carbonyl (C=O) groups is 1. The highest BCUT2D eigenvalue weighted by Gasteiger charge is 2.16. The number of rotatable bonds is 7. The Morgan fingerprint density at radius 2 is 1.69 bits per heavy atom. The molecule has 0 saturated heterocycles. The van der Waals surface area contributed by atoms with Crippen LogP contribution in [0.25, 0.3) is 21.8 Å². The summed E-state index contributed by atoms with van der Waals surface area (Å²) in [6.45, 7) is 5.28. The van der Waals surface area contributed by atoms with Crippen molar-refractivity contribution in [3.05, 3.63) is 78.1 Å². The van der Waals surface area contributed by atoms with E-state index in [4.69, 9.17) is 4.98 Å². The predicted octanol–water partition coefficient (Wildman–Crippen LogP) is 5.29. The fraction of sp³-hybridized carbons (Fsp3) is 0.280. The lowest BCUT2D eigenvalue weighted by Gasteiger charge is -2.14. The van der Waals surface area contributed by atoms with Gasteiger partial charge in [-0.25, -0.2) is 4.98 Å². The fourth-order valence-corrected chi connectivity index (χ4v) is 3.93. The van der Waals surface area contributed by atoms with Crippen LogP contribution >= 0.6 is 0 Å². The molecular formula is C25H27N3O. The number of hydrogen-bond donors (Lipinski definition) is 1. The lowest BCUT2D eigenvalue weighted by Crippen LogP contribution is -2.30. The molecular weight excluding hydrogens is 358 g/mol. The number of fused-ring (bicyclic) bond motifs is 2. The van der Waals surface area contributed by atoms with Gasteiger partial charge in [-0.15, -0.1) is 0 Å². The third-order valence-corrected chi connectivity index (χ3v) is 5.67. The Morgan fingerprint density at radius 1 is 0.966 bits per heavy atom. The Morgan fingerprint density at radius 3 is 2.48 bits per heavy atom. The first-order valence-electron chi connectivity index (χ1n) is 10.4. The van der Waals surface area contributed by atoms with Gasteiger partial charge in [0.2, 0.25) is 5.91 Å². The third kappa shape index (κ3) is 4.02. The van der Waals surface area contributed by atoms with Crippen LogP contribution in [0.5, 0.6) is 0 Å². The normalized spacial score (nSPS) is 11.4.